The van der Waals surface area contributed by atoms with Crippen LogP contribution >= 0.6 is 0 Å². The van der Waals surface area contributed by atoms with Crippen molar-refractivity contribution < 1.29 is 14.0 Å². The van der Waals surface area contributed by atoms with Gasteiger partial charge in [-0.3, -0.25) is 9.59 Å². The van der Waals surface area contributed by atoms with Gasteiger partial charge >= 0.3 is 0 Å². The van der Waals surface area contributed by atoms with Gasteiger partial charge in [-0.05, 0) is 62.1 Å². The molecule has 0 atom stereocenters. The minimum absolute atomic E-state index is 0.0361. The number of likely N-dealkylation sites (tertiary alicyclic amines) is 1. The maximum Gasteiger partial charge on any atom is 0.289 e. The van der Waals surface area contributed by atoms with Gasteiger partial charge < -0.3 is 19.5 Å². The topological polar surface area (TPSA) is 65.8 Å². The predicted molar refractivity (Wildman–Crippen MR) is 104 cm³/mol. The van der Waals surface area contributed by atoms with E-state index >= 15 is 0 Å². The summed E-state index contributed by atoms with van der Waals surface area (Å²) in [5, 5.41) is 3.02. The van der Waals surface area contributed by atoms with Gasteiger partial charge in [-0.25, -0.2) is 0 Å². The lowest BCUT2D eigenvalue weighted by Crippen LogP contribution is -2.41. The largest absolute Gasteiger partial charge is 0.459 e. The van der Waals surface area contributed by atoms with Crippen LogP contribution in [0, 0.1) is 5.92 Å². The SMILES string of the molecule is O=C(Nc1ccc(N2CCCC2)cc1)C1CCN(C(=O)c2ccco2)CC1. The second kappa shape index (κ2) is 7.86. The van der Waals surface area contributed by atoms with Crippen LogP contribution < -0.4 is 10.2 Å². The molecule has 2 aromatic rings. The minimum Gasteiger partial charge on any atom is -0.459 e. The van der Waals surface area contributed by atoms with Crippen LogP contribution in [0.1, 0.15) is 36.2 Å². The zero-order valence-corrected chi connectivity index (χ0v) is 15.4. The Labute approximate surface area is 159 Å². The molecule has 2 aliphatic rings. The second-order valence-corrected chi connectivity index (χ2v) is 7.27. The molecule has 0 aliphatic carbocycles. The Morgan fingerprint density at radius 1 is 0.963 bits per heavy atom. The average Bonchev–Trinajstić information content (AvgIpc) is 3.42. The third kappa shape index (κ3) is 3.99. The van der Waals surface area contributed by atoms with Gasteiger partial charge in [-0.15, -0.1) is 0 Å². The summed E-state index contributed by atoms with van der Waals surface area (Å²) in [6.07, 6.45) is 5.34. The fourth-order valence-electron chi connectivity index (χ4n) is 3.88. The minimum atomic E-state index is -0.101. The number of hydrogen-bond acceptors (Lipinski definition) is 4. The van der Waals surface area contributed by atoms with Crippen molar-refractivity contribution in [1.82, 2.24) is 4.90 Å². The number of hydrogen-bond donors (Lipinski definition) is 1. The Balaban J connectivity index is 1.28. The number of amides is 2. The summed E-state index contributed by atoms with van der Waals surface area (Å²) in [5.74, 6) is 0.227. The van der Waals surface area contributed by atoms with E-state index in [9.17, 15) is 9.59 Å². The van der Waals surface area contributed by atoms with E-state index in [1.165, 1.54) is 24.8 Å². The van der Waals surface area contributed by atoms with Crippen LogP contribution in [0.5, 0.6) is 0 Å². The fourth-order valence-corrected chi connectivity index (χ4v) is 3.88. The van der Waals surface area contributed by atoms with Gasteiger partial charge in [-0.1, -0.05) is 0 Å². The molecule has 2 amide bonds. The van der Waals surface area contributed by atoms with Crippen molar-refractivity contribution in [2.24, 2.45) is 5.92 Å². The molecule has 3 heterocycles. The van der Waals surface area contributed by atoms with Gasteiger partial charge in [0, 0.05) is 43.5 Å². The normalized spacial score (nSPS) is 17.9. The lowest BCUT2D eigenvalue weighted by molar-refractivity contribution is -0.121. The summed E-state index contributed by atoms with van der Waals surface area (Å²) >= 11 is 0. The van der Waals surface area contributed by atoms with E-state index in [-0.39, 0.29) is 17.7 Å². The highest BCUT2D eigenvalue weighted by Gasteiger charge is 2.28. The molecule has 4 rings (SSSR count). The second-order valence-electron chi connectivity index (χ2n) is 7.27. The molecule has 0 unspecified atom stereocenters. The Morgan fingerprint density at radius 3 is 2.30 bits per heavy atom. The van der Waals surface area contributed by atoms with Crippen LogP contribution in [-0.4, -0.2) is 42.9 Å². The van der Waals surface area contributed by atoms with Crippen LogP contribution in [0.3, 0.4) is 0 Å². The zero-order valence-electron chi connectivity index (χ0n) is 15.4. The number of benzene rings is 1. The van der Waals surface area contributed by atoms with Crippen LogP contribution in [0.4, 0.5) is 11.4 Å². The monoisotopic (exact) mass is 367 g/mol. The molecular weight excluding hydrogens is 342 g/mol. The Bertz CT molecular complexity index is 772. The van der Waals surface area contributed by atoms with Gasteiger partial charge in [0.15, 0.2) is 5.76 Å². The molecular formula is C21H25N3O3. The lowest BCUT2D eigenvalue weighted by Gasteiger charge is -2.30. The number of furan rings is 1. The summed E-state index contributed by atoms with van der Waals surface area (Å²) in [7, 11) is 0. The molecule has 1 aromatic heterocycles. The number of anilines is 2. The van der Waals surface area contributed by atoms with Crippen molar-refractivity contribution in [2.45, 2.75) is 25.7 Å². The van der Waals surface area contributed by atoms with E-state index in [4.69, 9.17) is 4.42 Å². The molecule has 6 heteroatoms. The number of rotatable bonds is 4. The van der Waals surface area contributed by atoms with E-state index in [2.05, 4.69) is 22.3 Å². The van der Waals surface area contributed by atoms with E-state index in [0.29, 0.717) is 31.7 Å². The zero-order chi connectivity index (χ0) is 18.6. The molecule has 6 nitrogen and oxygen atoms in total. The summed E-state index contributed by atoms with van der Waals surface area (Å²) in [6, 6.07) is 11.5. The summed E-state index contributed by atoms with van der Waals surface area (Å²) in [4.78, 5) is 29.0. The smallest absolute Gasteiger partial charge is 0.289 e. The van der Waals surface area contributed by atoms with E-state index in [1.807, 2.05) is 12.1 Å². The number of carbonyl (C=O) groups is 2. The van der Waals surface area contributed by atoms with Crippen LogP contribution in [-0.2, 0) is 4.79 Å². The molecule has 0 spiro atoms. The molecule has 1 N–H and O–H groups in total. The first-order valence-corrected chi connectivity index (χ1v) is 9.69. The standard InChI is InChI=1S/C21H25N3O3/c25-20(22-17-5-7-18(8-6-17)23-11-1-2-12-23)16-9-13-24(14-10-16)21(26)19-4-3-15-27-19/h3-8,15-16H,1-2,9-14H2,(H,22,25). The molecule has 0 radical (unpaired) electrons. The number of nitrogens with zero attached hydrogens (tertiary/aromatic N) is 2. The van der Waals surface area contributed by atoms with Crippen LogP contribution in [0.25, 0.3) is 0 Å². The first-order chi connectivity index (χ1) is 13.2. The van der Waals surface area contributed by atoms with Gasteiger partial charge in [0.1, 0.15) is 0 Å². The first-order valence-electron chi connectivity index (χ1n) is 9.69. The van der Waals surface area contributed by atoms with Gasteiger partial charge in [0.2, 0.25) is 5.91 Å². The molecule has 0 bridgehead atoms. The number of carbonyl (C=O) groups excluding carboxylic acids is 2. The molecule has 1 aromatic carbocycles. The van der Waals surface area contributed by atoms with Crippen LogP contribution in [0.15, 0.2) is 47.1 Å². The molecule has 2 saturated heterocycles. The summed E-state index contributed by atoms with van der Waals surface area (Å²) in [5.41, 5.74) is 2.05. The fraction of sp³-hybridized carbons (Fsp3) is 0.429. The van der Waals surface area contributed by atoms with E-state index < -0.39 is 0 Å². The Morgan fingerprint density at radius 2 is 1.67 bits per heavy atom. The molecule has 2 fully saturated rings. The van der Waals surface area contributed by atoms with Crippen molar-refractivity contribution >= 4 is 23.2 Å². The third-order valence-corrected chi connectivity index (χ3v) is 5.49. The van der Waals surface area contributed by atoms with Crippen molar-refractivity contribution in [1.29, 1.82) is 0 Å². The molecule has 27 heavy (non-hydrogen) atoms. The Hall–Kier alpha value is -2.76. The molecule has 2 aliphatic heterocycles. The Kier molecular flexibility index (Phi) is 5.14. The van der Waals surface area contributed by atoms with Gasteiger partial charge in [0.05, 0.1) is 6.26 Å². The van der Waals surface area contributed by atoms with Crippen molar-refractivity contribution in [3.8, 4) is 0 Å². The number of nitrogens with one attached hydrogen (secondary N) is 1. The van der Waals surface area contributed by atoms with Crippen molar-refractivity contribution in [2.75, 3.05) is 36.4 Å². The van der Waals surface area contributed by atoms with Crippen LogP contribution in [0.2, 0.25) is 0 Å². The van der Waals surface area contributed by atoms with Gasteiger partial charge in [-0.2, -0.15) is 0 Å². The third-order valence-electron chi connectivity index (χ3n) is 5.49. The highest BCUT2D eigenvalue weighted by molar-refractivity contribution is 5.94. The van der Waals surface area contributed by atoms with Crippen molar-refractivity contribution in [3.63, 3.8) is 0 Å². The number of piperidine rings is 1. The quantitative estimate of drug-likeness (QED) is 0.900. The first kappa shape index (κ1) is 17.6. The maximum absolute atomic E-state index is 12.6. The van der Waals surface area contributed by atoms with Crippen molar-refractivity contribution in [3.05, 3.63) is 48.4 Å². The summed E-state index contributed by atoms with van der Waals surface area (Å²) in [6.45, 7) is 3.37. The highest BCUT2D eigenvalue weighted by Crippen LogP contribution is 2.24. The van der Waals surface area contributed by atoms with Gasteiger partial charge in [0.25, 0.3) is 5.91 Å². The molecule has 142 valence electrons. The average molecular weight is 367 g/mol. The molecule has 0 saturated carbocycles. The summed E-state index contributed by atoms with van der Waals surface area (Å²) < 4.78 is 5.17. The highest BCUT2D eigenvalue weighted by atomic mass is 16.3. The van der Waals surface area contributed by atoms with E-state index in [1.54, 1.807) is 17.0 Å². The van der Waals surface area contributed by atoms with E-state index in [0.717, 1.165) is 18.8 Å². The predicted octanol–water partition coefficient (Wildman–Crippen LogP) is 3.37. The maximum atomic E-state index is 12.6. The lowest BCUT2D eigenvalue weighted by atomic mass is 9.95.